The summed E-state index contributed by atoms with van der Waals surface area (Å²) in [6, 6.07) is 2.53. The van der Waals surface area contributed by atoms with Crippen LogP contribution in [-0.2, 0) is 0 Å². The van der Waals surface area contributed by atoms with Crippen molar-refractivity contribution in [2.24, 2.45) is 0 Å². The lowest BCUT2D eigenvalue weighted by Crippen LogP contribution is -2.42. The Morgan fingerprint density at radius 1 is 1.55 bits per heavy atom. The average Bonchev–Trinajstić information content (AvgIpc) is 3.13. The number of nitrogens with one attached hydrogen (secondary N) is 1. The Bertz CT molecular complexity index is 504. The van der Waals surface area contributed by atoms with Crippen LogP contribution in [0, 0.1) is 13.8 Å². The summed E-state index contributed by atoms with van der Waals surface area (Å²) >= 11 is 1.57. The SMILES string of the molecule is CSCC(C)(O)CNC(=O)c1cc(C)n(C2CC2)c1C. The third kappa shape index (κ3) is 3.38. The van der Waals surface area contributed by atoms with Gasteiger partial charge in [-0.1, -0.05) is 0 Å². The zero-order valence-electron chi connectivity index (χ0n) is 12.7. The fraction of sp³-hybridized carbons (Fsp3) is 0.667. The normalized spacial score (nSPS) is 17.9. The standard InChI is InChI=1S/C15H24N2O2S/c1-10-7-13(11(2)17(10)12-5-6-12)14(18)16-8-15(3,19)9-20-4/h7,12,19H,5-6,8-9H2,1-4H3,(H,16,18). The predicted octanol–water partition coefficient (Wildman–Crippen LogP) is 2.28. The number of carbonyl (C=O) groups is 1. The Kier molecular flexibility index (Phi) is 4.49. The quantitative estimate of drug-likeness (QED) is 0.847. The van der Waals surface area contributed by atoms with E-state index in [0.717, 1.165) is 17.0 Å². The Morgan fingerprint density at radius 2 is 2.20 bits per heavy atom. The van der Waals surface area contributed by atoms with Crippen LogP contribution in [0.15, 0.2) is 6.07 Å². The number of amides is 1. The van der Waals surface area contributed by atoms with Crippen molar-refractivity contribution in [1.82, 2.24) is 9.88 Å². The first-order valence-electron chi connectivity index (χ1n) is 7.03. The fourth-order valence-electron chi connectivity index (χ4n) is 2.63. The Labute approximate surface area is 124 Å². The lowest BCUT2D eigenvalue weighted by atomic mass is 10.1. The van der Waals surface area contributed by atoms with Crippen molar-refractivity contribution >= 4 is 17.7 Å². The molecule has 1 aliphatic carbocycles. The predicted molar refractivity (Wildman–Crippen MR) is 83.5 cm³/mol. The maximum absolute atomic E-state index is 12.3. The van der Waals surface area contributed by atoms with Gasteiger partial charge in [-0.3, -0.25) is 4.79 Å². The van der Waals surface area contributed by atoms with E-state index in [0.29, 0.717) is 11.8 Å². The van der Waals surface area contributed by atoms with Gasteiger partial charge in [0.25, 0.3) is 5.91 Å². The second-order valence-corrected chi connectivity index (χ2v) is 6.86. The molecule has 0 saturated heterocycles. The highest BCUT2D eigenvalue weighted by molar-refractivity contribution is 7.98. The number of carbonyl (C=O) groups excluding carboxylic acids is 1. The third-order valence-electron chi connectivity index (χ3n) is 3.73. The molecule has 1 fully saturated rings. The Balaban J connectivity index is 2.04. The van der Waals surface area contributed by atoms with Gasteiger partial charge in [-0.2, -0.15) is 11.8 Å². The second kappa shape index (κ2) is 5.82. The highest BCUT2D eigenvalue weighted by Gasteiger charge is 2.29. The fourth-order valence-corrected chi connectivity index (χ4v) is 3.35. The molecule has 1 aromatic heterocycles. The molecule has 1 unspecified atom stereocenters. The minimum absolute atomic E-state index is 0.0913. The number of aryl methyl sites for hydroxylation is 1. The largest absolute Gasteiger partial charge is 0.387 e. The number of hydrogen-bond donors (Lipinski definition) is 2. The molecule has 112 valence electrons. The van der Waals surface area contributed by atoms with Crippen LogP contribution in [-0.4, -0.2) is 39.7 Å². The minimum Gasteiger partial charge on any atom is -0.387 e. The van der Waals surface area contributed by atoms with E-state index in [2.05, 4.69) is 9.88 Å². The van der Waals surface area contributed by atoms with Gasteiger partial charge in [0.2, 0.25) is 0 Å². The molecule has 0 spiro atoms. The van der Waals surface area contributed by atoms with Crippen molar-refractivity contribution in [2.45, 2.75) is 45.3 Å². The molecule has 1 aliphatic rings. The van der Waals surface area contributed by atoms with Crippen molar-refractivity contribution in [3.05, 3.63) is 23.0 Å². The van der Waals surface area contributed by atoms with Crippen LogP contribution in [0.25, 0.3) is 0 Å². The molecular weight excluding hydrogens is 272 g/mol. The van der Waals surface area contributed by atoms with Crippen molar-refractivity contribution in [3.8, 4) is 0 Å². The van der Waals surface area contributed by atoms with Gasteiger partial charge in [-0.05, 0) is 45.9 Å². The monoisotopic (exact) mass is 296 g/mol. The van der Waals surface area contributed by atoms with Crippen LogP contribution in [0.5, 0.6) is 0 Å². The third-order valence-corrected chi connectivity index (χ3v) is 4.64. The lowest BCUT2D eigenvalue weighted by molar-refractivity contribution is 0.0724. The van der Waals surface area contributed by atoms with Crippen LogP contribution in [0.4, 0.5) is 0 Å². The molecule has 2 N–H and O–H groups in total. The summed E-state index contributed by atoms with van der Waals surface area (Å²) in [4.78, 5) is 12.3. The number of rotatable bonds is 6. The molecule has 1 atom stereocenters. The maximum atomic E-state index is 12.3. The maximum Gasteiger partial charge on any atom is 0.253 e. The van der Waals surface area contributed by atoms with Crippen LogP contribution in [0.3, 0.4) is 0 Å². The number of thioether (sulfide) groups is 1. The summed E-state index contributed by atoms with van der Waals surface area (Å²) in [5.41, 5.74) is 2.05. The van der Waals surface area contributed by atoms with E-state index >= 15 is 0 Å². The van der Waals surface area contributed by atoms with Crippen molar-refractivity contribution in [2.75, 3.05) is 18.6 Å². The first-order valence-corrected chi connectivity index (χ1v) is 8.43. The highest BCUT2D eigenvalue weighted by atomic mass is 32.2. The van der Waals surface area contributed by atoms with Gasteiger partial charge in [0.1, 0.15) is 0 Å². The van der Waals surface area contributed by atoms with E-state index in [4.69, 9.17) is 0 Å². The van der Waals surface area contributed by atoms with E-state index in [1.54, 1.807) is 18.7 Å². The molecular formula is C15H24N2O2S. The molecule has 20 heavy (non-hydrogen) atoms. The number of aromatic nitrogens is 1. The van der Waals surface area contributed by atoms with Gasteiger partial charge in [-0.25, -0.2) is 0 Å². The lowest BCUT2D eigenvalue weighted by Gasteiger charge is -2.22. The van der Waals surface area contributed by atoms with Gasteiger partial charge in [0, 0.05) is 29.7 Å². The minimum atomic E-state index is -0.864. The zero-order chi connectivity index (χ0) is 14.9. The summed E-state index contributed by atoms with van der Waals surface area (Å²) in [6.45, 7) is 6.07. The van der Waals surface area contributed by atoms with Crippen LogP contribution in [0.1, 0.15) is 47.6 Å². The molecule has 2 rings (SSSR count). The molecule has 1 heterocycles. The smallest absolute Gasteiger partial charge is 0.253 e. The molecule has 1 saturated carbocycles. The second-order valence-electron chi connectivity index (χ2n) is 6.00. The van der Waals surface area contributed by atoms with Crippen LogP contribution in [0.2, 0.25) is 0 Å². The Hall–Kier alpha value is -0.940. The van der Waals surface area contributed by atoms with E-state index in [1.165, 1.54) is 12.8 Å². The van der Waals surface area contributed by atoms with Crippen molar-refractivity contribution in [3.63, 3.8) is 0 Å². The van der Waals surface area contributed by atoms with E-state index in [9.17, 15) is 9.90 Å². The van der Waals surface area contributed by atoms with Gasteiger partial charge in [-0.15, -0.1) is 0 Å². The number of nitrogens with zero attached hydrogens (tertiary/aromatic N) is 1. The molecule has 0 aliphatic heterocycles. The molecule has 0 bridgehead atoms. The summed E-state index contributed by atoms with van der Waals surface area (Å²) < 4.78 is 2.26. The average molecular weight is 296 g/mol. The van der Waals surface area contributed by atoms with Crippen LogP contribution >= 0.6 is 11.8 Å². The van der Waals surface area contributed by atoms with Gasteiger partial charge < -0.3 is 15.0 Å². The summed E-state index contributed by atoms with van der Waals surface area (Å²) in [5.74, 6) is 0.514. The van der Waals surface area contributed by atoms with Crippen LogP contribution < -0.4 is 5.32 Å². The molecule has 1 aromatic rings. The zero-order valence-corrected chi connectivity index (χ0v) is 13.5. The Morgan fingerprint density at radius 3 is 2.75 bits per heavy atom. The highest BCUT2D eigenvalue weighted by Crippen LogP contribution is 2.38. The topological polar surface area (TPSA) is 54.3 Å². The molecule has 0 radical (unpaired) electrons. The van der Waals surface area contributed by atoms with E-state index in [1.807, 2.05) is 26.2 Å². The van der Waals surface area contributed by atoms with E-state index in [-0.39, 0.29) is 12.5 Å². The molecule has 5 heteroatoms. The number of hydrogen-bond acceptors (Lipinski definition) is 3. The molecule has 4 nitrogen and oxygen atoms in total. The molecule has 1 amide bonds. The van der Waals surface area contributed by atoms with Crippen molar-refractivity contribution in [1.29, 1.82) is 0 Å². The number of aliphatic hydroxyl groups is 1. The summed E-state index contributed by atoms with van der Waals surface area (Å²) in [6.07, 6.45) is 4.36. The van der Waals surface area contributed by atoms with Crippen molar-refractivity contribution < 1.29 is 9.90 Å². The van der Waals surface area contributed by atoms with Gasteiger partial charge in [0.15, 0.2) is 0 Å². The summed E-state index contributed by atoms with van der Waals surface area (Å²) in [7, 11) is 0. The summed E-state index contributed by atoms with van der Waals surface area (Å²) in [5, 5.41) is 12.9. The first kappa shape index (κ1) is 15.4. The van der Waals surface area contributed by atoms with E-state index < -0.39 is 5.60 Å². The molecule has 0 aromatic carbocycles. The first-order chi connectivity index (χ1) is 9.35. The van der Waals surface area contributed by atoms with Gasteiger partial charge in [0.05, 0.1) is 11.2 Å². The van der Waals surface area contributed by atoms with Gasteiger partial charge >= 0.3 is 0 Å².